The first kappa shape index (κ1) is 12.9. The van der Waals surface area contributed by atoms with Crippen molar-refractivity contribution < 1.29 is 4.79 Å². The van der Waals surface area contributed by atoms with Gasteiger partial charge in [-0.3, -0.25) is 4.79 Å². The average Bonchev–Trinajstić information content (AvgIpc) is 2.77. The molecule has 0 aliphatic carbocycles. The first-order valence-corrected chi connectivity index (χ1v) is 7.15. The van der Waals surface area contributed by atoms with Gasteiger partial charge in [0.1, 0.15) is 0 Å². The number of hydrogen-bond donors (Lipinski definition) is 2. The van der Waals surface area contributed by atoms with E-state index in [4.69, 9.17) is 11.6 Å². The zero-order valence-electron chi connectivity index (χ0n) is 9.83. The molecule has 0 saturated carbocycles. The van der Waals surface area contributed by atoms with Crippen LogP contribution >= 0.6 is 22.9 Å². The van der Waals surface area contributed by atoms with Gasteiger partial charge in [0.2, 0.25) is 5.91 Å². The molecule has 94 valence electrons. The maximum absolute atomic E-state index is 12.0. The van der Waals surface area contributed by atoms with Gasteiger partial charge in [-0.25, -0.2) is 0 Å². The van der Waals surface area contributed by atoms with Gasteiger partial charge in [0.05, 0.1) is 16.4 Å². The monoisotopic (exact) mass is 272 g/mol. The van der Waals surface area contributed by atoms with Crippen LogP contribution in [-0.2, 0) is 4.79 Å². The normalized spacial score (nSPS) is 22.1. The zero-order chi connectivity index (χ0) is 12.3. The topological polar surface area (TPSA) is 41.1 Å². The Balaban J connectivity index is 1.89. The van der Waals surface area contributed by atoms with Crippen LogP contribution in [-0.4, -0.2) is 18.5 Å². The van der Waals surface area contributed by atoms with Gasteiger partial charge < -0.3 is 10.6 Å². The Hall–Kier alpha value is -0.580. The zero-order valence-corrected chi connectivity index (χ0v) is 11.4. The molecule has 1 aliphatic heterocycles. The van der Waals surface area contributed by atoms with Crippen LogP contribution in [0.5, 0.6) is 0 Å². The smallest absolute Gasteiger partial charge is 0.237 e. The predicted octanol–water partition coefficient (Wildman–Crippen LogP) is 2.72. The molecule has 1 saturated heterocycles. The van der Waals surface area contributed by atoms with Crippen molar-refractivity contribution in [2.24, 2.45) is 0 Å². The fourth-order valence-corrected chi connectivity index (χ4v) is 3.09. The summed E-state index contributed by atoms with van der Waals surface area (Å²) in [6.45, 7) is 2.93. The fraction of sp³-hybridized carbons (Fsp3) is 0.583. The average molecular weight is 273 g/mol. The molecule has 2 rings (SSSR count). The molecule has 3 nitrogen and oxygen atoms in total. The highest BCUT2D eigenvalue weighted by molar-refractivity contribution is 7.16. The summed E-state index contributed by atoms with van der Waals surface area (Å²) in [5, 5.41) is 6.28. The lowest BCUT2D eigenvalue weighted by molar-refractivity contribution is -0.124. The van der Waals surface area contributed by atoms with Gasteiger partial charge in [-0.15, -0.1) is 11.3 Å². The molecule has 0 radical (unpaired) electrons. The third kappa shape index (κ3) is 3.44. The minimum atomic E-state index is -0.0263. The lowest BCUT2D eigenvalue weighted by Crippen LogP contribution is -2.47. The molecule has 2 N–H and O–H groups in total. The van der Waals surface area contributed by atoms with Gasteiger partial charge in [0.15, 0.2) is 0 Å². The van der Waals surface area contributed by atoms with Crippen LogP contribution in [0.25, 0.3) is 0 Å². The van der Waals surface area contributed by atoms with Crippen molar-refractivity contribution in [3.8, 4) is 0 Å². The van der Waals surface area contributed by atoms with E-state index in [2.05, 4.69) is 10.6 Å². The third-order valence-corrected chi connectivity index (χ3v) is 4.42. The second kappa shape index (κ2) is 5.85. The van der Waals surface area contributed by atoms with Crippen molar-refractivity contribution in [1.29, 1.82) is 0 Å². The van der Waals surface area contributed by atoms with Crippen LogP contribution < -0.4 is 10.6 Å². The molecule has 5 heteroatoms. The minimum Gasteiger partial charge on any atom is -0.347 e. The summed E-state index contributed by atoms with van der Waals surface area (Å²) in [4.78, 5) is 13.1. The van der Waals surface area contributed by atoms with Crippen LogP contribution in [0.2, 0.25) is 4.34 Å². The lowest BCUT2D eigenvalue weighted by Gasteiger charge is -2.24. The maximum atomic E-state index is 12.0. The van der Waals surface area contributed by atoms with Gasteiger partial charge in [0, 0.05) is 4.88 Å². The molecular weight excluding hydrogens is 256 g/mol. The molecule has 0 bridgehead atoms. The molecule has 1 amide bonds. The Morgan fingerprint density at radius 3 is 3.00 bits per heavy atom. The summed E-state index contributed by atoms with van der Waals surface area (Å²) in [7, 11) is 0. The second-order valence-corrected chi connectivity index (χ2v) is 6.12. The summed E-state index contributed by atoms with van der Waals surface area (Å²) in [5.41, 5.74) is 0. The number of carbonyl (C=O) groups is 1. The van der Waals surface area contributed by atoms with E-state index < -0.39 is 0 Å². The summed E-state index contributed by atoms with van der Waals surface area (Å²) in [6.07, 6.45) is 3.23. The van der Waals surface area contributed by atoms with Crippen LogP contribution in [0.15, 0.2) is 12.1 Å². The first-order valence-electron chi connectivity index (χ1n) is 5.96. The van der Waals surface area contributed by atoms with E-state index in [1.165, 1.54) is 17.8 Å². The van der Waals surface area contributed by atoms with Crippen molar-refractivity contribution in [2.75, 3.05) is 6.54 Å². The number of nitrogens with one attached hydrogen (secondary N) is 2. The third-order valence-electron chi connectivity index (χ3n) is 3.01. The quantitative estimate of drug-likeness (QED) is 0.888. The molecule has 0 aromatic carbocycles. The summed E-state index contributed by atoms with van der Waals surface area (Å²) < 4.78 is 0.761. The van der Waals surface area contributed by atoms with E-state index in [1.807, 2.05) is 19.1 Å². The predicted molar refractivity (Wildman–Crippen MR) is 71.5 cm³/mol. The Morgan fingerprint density at radius 1 is 1.59 bits per heavy atom. The molecule has 2 atom stereocenters. The number of hydrogen-bond acceptors (Lipinski definition) is 3. The number of rotatable bonds is 3. The maximum Gasteiger partial charge on any atom is 0.237 e. The largest absolute Gasteiger partial charge is 0.347 e. The van der Waals surface area contributed by atoms with Gasteiger partial charge >= 0.3 is 0 Å². The van der Waals surface area contributed by atoms with E-state index in [9.17, 15) is 4.79 Å². The highest BCUT2D eigenvalue weighted by Gasteiger charge is 2.22. The molecule has 17 heavy (non-hydrogen) atoms. The van der Waals surface area contributed by atoms with Gasteiger partial charge in [0.25, 0.3) is 0 Å². The molecular formula is C12H17ClN2OS. The number of amides is 1. The molecule has 1 aliphatic rings. The minimum absolute atomic E-state index is 0.0263. The van der Waals surface area contributed by atoms with Crippen molar-refractivity contribution in [3.05, 3.63) is 21.3 Å². The van der Waals surface area contributed by atoms with Crippen molar-refractivity contribution in [1.82, 2.24) is 10.6 Å². The van der Waals surface area contributed by atoms with Gasteiger partial charge in [-0.2, -0.15) is 0 Å². The van der Waals surface area contributed by atoms with Crippen LogP contribution in [0.1, 0.15) is 37.1 Å². The SMILES string of the molecule is CC(NC(=O)[C@H]1CCCCN1)c1ccc(Cl)s1. The molecule has 2 heterocycles. The Labute approximate surface area is 111 Å². The molecule has 1 aromatic heterocycles. The molecule has 0 spiro atoms. The van der Waals surface area contributed by atoms with Gasteiger partial charge in [-0.05, 0) is 38.4 Å². The molecule has 1 unspecified atom stereocenters. The van der Waals surface area contributed by atoms with Gasteiger partial charge in [-0.1, -0.05) is 18.0 Å². The second-order valence-electron chi connectivity index (χ2n) is 4.37. The van der Waals surface area contributed by atoms with E-state index in [0.29, 0.717) is 0 Å². The van der Waals surface area contributed by atoms with Crippen LogP contribution in [0.3, 0.4) is 0 Å². The van der Waals surface area contributed by atoms with E-state index >= 15 is 0 Å². The Morgan fingerprint density at radius 2 is 2.41 bits per heavy atom. The number of thiophene rings is 1. The highest BCUT2D eigenvalue weighted by atomic mass is 35.5. The number of halogens is 1. The number of piperidine rings is 1. The van der Waals surface area contributed by atoms with E-state index in [1.54, 1.807) is 0 Å². The van der Waals surface area contributed by atoms with E-state index in [0.717, 1.165) is 28.6 Å². The summed E-state index contributed by atoms with van der Waals surface area (Å²) in [5.74, 6) is 0.0988. The fourth-order valence-electron chi connectivity index (χ4n) is 2.02. The van der Waals surface area contributed by atoms with E-state index in [-0.39, 0.29) is 18.0 Å². The first-order chi connectivity index (χ1) is 8.16. The van der Waals surface area contributed by atoms with Crippen molar-refractivity contribution >= 4 is 28.8 Å². The molecule has 1 aromatic rings. The Bertz CT molecular complexity index is 388. The standard InChI is InChI=1S/C12H17ClN2OS/c1-8(10-5-6-11(13)17-10)15-12(16)9-4-2-3-7-14-9/h5-6,8-9,14H,2-4,7H2,1H3,(H,15,16)/t8?,9-/m1/s1. The highest BCUT2D eigenvalue weighted by Crippen LogP contribution is 2.26. The lowest BCUT2D eigenvalue weighted by atomic mass is 10.0. The summed E-state index contributed by atoms with van der Waals surface area (Å²) >= 11 is 7.40. The van der Waals surface area contributed by atoms with Crippen molar-refractivity contribution in [2.45, 2.75) is 38.3 Å². The molecule has 1 fully saturated rings. The van der Waals surface area contributed by atoms with Crippen LogP contribution in [0, 0.1) is 0 Å². The Kier molecular flexibility index (Phi) is 4.42. The number of carbonyl (C=O) groups excluding carboxylic acids is 1. The van der Waals surface area contributed by atoms with Crippen LogP contribution in [0.4, 0.5) is 0 Å². The summed E-state index contributed by atoms with van der Waals surface area (Å²) in [6, 6.07) is 3.83. The van der Waals surface area contributed by atoms with Crippen molar-refractivity contribution in [3.63, 3.8) is 0 Å².